The number of hydrogen-bond donors (Lipinski definition) is 2. The van der Waals surface area contributed by atoms with E-state index < -0.39 is 12.1 Å². The second-order valence-corrected chi connectivity index (χ2v) is 7.49. The Morgan fingerprint density at radius 3 is 2.39 bits per heavy atom. The molecule has 1 atom stereocenters. The van der Waals surface area contributed by atoms with Crippen LogP contribution in [0.1, 0.15) is 45.1 Å². The molecule has 9 nitrogen and oxygen atoms in total. The van der Waals surface area contributed by atoms with E-state index in [1.807, 2.05) is 37.3 Å². The van der Waals surface area contributed by atoms with Crippen molar-refractivity contribution in [2.75, 3.05) is 25.5 Å². The zero-order valence-corrected chi connectivity index (χ0v) is 18.9. The van der Waals surface area contributed by atoms with E-state index in [0.29, 0.717) is 38.9 Å². The topological polar surface area (TPSA) is 111 Å². The average Bonchev–Trinajstić information content (AvgIpc) is 2.77. The molecule has 0 fully saturated rings. The first kappa shape index (κ1) is 26.4. The van der Waals surface area contributed by atoms with Crippen molar-refractivity contribution in [3.8, 4) is 0 Å². The van der Waals surface area contributed by atoms with E-state index in [4.69, 9.17) is 11.6 Å². The summed E-state index contributed by atoms with van der Waals surface area (Å²) in [6.07, 6.45) is 2.39. The highest BCUT2D eigenvalue weighted by Gasteiger charge is 2.22. The van der Waals surface area contributed by atoms with Gasteiger partial charge < -0.3 is 15.5 Å². The Balaban J connectivity index is 2.56. The molecule has 4 amide bonds. The Kier molecular flexibility index (Phi) is 12.9. The number of rotatable bonds is 14. The van der Waals surface area contributed by atoms with Crippen LogP contribution in [-0.4, -0.2) is 59.3 Å². The Morgan fingerprint density at radius 2 is 1.81 bits per heavy atom. The van der Waals surface area contributed by atoms with Crippen molar-refractivity contribution < 1.29 is 14.4 Å². The van der Waals surface area contributed by atoms with Crippen LogP contribution in [0.5, 0.6) is 0 Å². The minimum atomic E-state index is -0.652. The van der Waals surface area contributed by atoms with Crippen LogP contribution >= 0.6 is 11.6 Å². The fourth-order valence-corrected chi connectivity index (χ4v) is 3.22. The molecule has 0 saturated heterocycles. The van der Waals surface area contributed by atoms with E-state index in [0.717, 1.165) is 17.0 Å². The summed E-state index contributed by atoms with van der Waals surface area (Å²) in [5.74, 6) is -0.413. The second-order valence-electron chi connectivity index (χ2n) is 7.12. The van der Waals surface area contributed by atoms with Crippen molar-refractivity contribution in [2.45, 2.75) is 52.1 Å². The number of halogens is 1. The Hall–Kier alpha value is -2.68. The highest BCUT2D eigenvalue weighted by atomic mass is 35.5. The number of carbonyl (C=O) groups is 3. The summed E-state index contributed by atoms with van der Waals surface area (Å²) in [7, 11) is 0. The molecule has 0 aliphatic carbocycles. The normalized spacial score (nSPS) is 11.3. The molecule has 0 unspecified atom stereocenters. The number of urea groups is 1. The highest BCUT2D eigenvalue weighted by molar-refractivity contribution is 6.18. The maximum Gasteiger partial charge on any atom is 0.343 e. The zero-order chi connectivity index (χ0) is 23.1. The number of amides is 4. The molecule has 0 aromatic heterocycles. The molecule has 0 radical (unpaired) electrons. The number of alkyl halides is 1. The molecular weight excluding hydrogens is 422 g/mol. The maximum absolute atomic E-state index is 12.5. The lowest BCUT2D eigenvalue weighted by Crippen LogP contribution is -2.46. The molecule has 1 aromatic carbocycles. The number of nitrogens with one attached hydrogen (secondary N) is 2. The van der Waals surface area contributed by atoms with Gasteiger partial charge in [-0.1, -0.05) is 37.3 Å². The molecule has 0 saturated carbocycles. The van der Waals surface area contributed by atoms with Gasteiger partial charge in [0.2, 0.25) is 11.8 Å². The van der Waals surface area contributed by atoms with E-state index >= 15 is 0 Å². The lowest BCUT2D eigenvalue weighted by molar-refractivity contribution is -0.128. The van der Waals surface area contributed by atoms with Crippen LogP contribution in [0.2, 0.25) is 0 Å². The van der Waals surface area contributed by atoms with Crippen LogP contribution in [0.3, 0.4) is 0 Å². The third kappa shape index (κ3) is 10.3. The Bertz CT molecular complexity index is 704. The maximum atomic E-state index is 12.5. The van der Waals surface area contributed by atoms with Gasteiger partial charge in [-0.05, 0) is 31.2 Å². The first-order chi connectivity index (χ1) is 14.9. The van der Waals surface area contributed by atoms with Gasteiger partial charge in [0.15, 0.2) is 0 Å². The highest BCUT2D eigenvalue weighted by Crippen LogP contribution is 2.08. The minimum Gasteiger partial charge on any atom is -0.350 e. The zero-order valence-electron chi connectivity index (χ0n) is 18.2. The molecule has 0 heterocycles. The summed E-state index contributed by atoms with van der Waals surface area (Å²) in [5.41, 5.74) is 0.969. The molecule has 172 valence electrons. The predicted molar refractivity (Wildman–Crippen MR) is 120 cm³/mol. The molecule has 1 aromatic rings. The van der Waals surface area contributed by atoms with Gasteiger partial charge in [-0.15, -0.1) is 16.5 Å². The van der Waals surface area contributed by atoms with E-state index in [1.54, 1.807) is 4.90 Å². The van der Waals surface area contributed by atoms with Crippen LogP contribution < -0.4 is 10.6 Å². The van der Waals surface area contributed by atoms with Gasteiger partial charge in [0.05, 0.1) is 11.8 Å². The average molecular weight is 454 g/mol. The first-order valence-corrected chi connectivity index (χ1v) is 11.0. The number of benzene rings is 1. The van der Waals surface area contributed by atoms with E-state index in [2.05, 4.69) is 15.9 Å². The molecule has 1 rings (SSSR count). The SMILES string of the molecule is CCCN(CCCC[C@H](NC(C)=O)C(=O)NCc1ccccc1)C(=O)N(CCCl)N=O. The summed E-state index contributed by atoms with van der Waals surface area (Å²) >= 11 is 5.61. The number of nitroso groups, excluding NO2 is 1. The summed E-state index contributed by atoms with van der Waals surface area (Å²) in [6, 6.07) is 8.38. The molecule has 10 heteroatoms. The summed E-state index contributed by atoms with van der Waals surface area (Å²) in [4.78, 5) is 48.9. The van der Waals surface area contributed by atoms with Crippen LogP contribution in [-0.2, 0) is 16.1 Å². The lowest BCUT2D eigenvalue weighted by Gasteiger charge is -2.25. The van der Waals surface area contributed by atoms with Crippen molar-refractivity contribution in [1.82, 2.24) is 20.5 Å². The monoisotopic (exact) mass is 453 g/mol. The van der Waals surface area contributed by atoms with Crippen molar-refractivity contribution >= 4 is 29.4 Å². The van der Waals surface area contributed by atoms with Crippen molar-refractivity contribution in [3.63, 3.8) is 0 Å². The molecule has 0 spiro atoms. The molecule has 0 aliphatic rings. The van der Waals surface area contributed by atoms with Crippen LogP contribution in [0.4, 0.5) is 4.79 Å². The second kappa shape index (κ2) is 15.2. The van der Waals surface area contributed by atoms with Gasteiger partial charge in [-0.3, -0.25) is 9.59 Å². The van der Waals surface area contributed by atoms with Gasteiger partial charge in [0.1, 0.15) is 6.04 Å². The number of nitrogens with zero attached hydrogens (tertiary/aromatic N) is 3. The van der Waals surface area contributed by atoms with Gasteiger partial charge in [0, 0.05) is 32.4 Å². The third-order valence-corrected chi connectivity index (χ3v) is 4.72. The molecule has 0 aliphatic heterocycles. The smallest absolute Gasteiger partial charge is 0.343 e. The number of unbranched alkanes of at least 4 members (excludes halogenated alkanes) is 1. The standard InChI is InChI=1S/C21H32ClN5O4/c1-3-13-26(21(30)27(25-31)15-12-22)14-8-7-11-19(24-17(2)28)20(29)23-16-18-9-5-4-6-10-18/h4-6,9-10,19H,3,7-8,11-16H2,1-2H3,(H,23,29)(H,24,28)/t19-/m0/s1. The van der Waals surface area contributed by atoms with Crippen molar-refractivity contribution in [2.24, 2.45) is 5.29 Å². The van der Waals surface area contributed by atoms with Gasteiger partial charge >= 0.3 is 6.03 Å². The van der Waals surface area contributed by atoms with E-state index in [9.17, 15) is 19.3 Å². The van der Waals surface area contributed by atoms with Crippen molar-refractivity contribution in [1.29, 1.82) is 0 Å². The predicted octanol–water partition coefficient (Wildman–Crippen LogP) is 3.03. The van der Waals surface area contributed by atoms with Crippen LogP contribution in [0.15, 0.2) is 35.6 Å². The largest absolute Gasteiger partial charge is 0.350 e. The van der Waals surface area contributed by atoms with Gasteiger partial charge in [-0.2, -0.15) is 5.01 Å². The Labute approximate surface area is 188 Å². The molecule has 0 bridgehead atoms. The molecular formula is C21H32ClN5O4. The molecule has 31 heavy (non-hydrogen) atoms. The summed E-state index contributed by atoms with van der Waals surface area (Å²) < 4.78 is 0. The lowest BCUT2D eigenvalue weighted by atomic mass is 10.1. The number of hydrogen-bond acceptors (Lipinski definition) is 5. The minimum absolute atomic E-state index is 0.0519. The van der Waals surface area contributed by atoms with E-state index in [1.165, 1.54) is 6.92 Å². The summed E-state index contributed by atoms with van der Waals surface area (Å²) in [6.45, 7) is 4.64. The van der Waals surface area contributed by atoms with Crippen LogP contribution in [0.25, 0.3) is 0 Å². The fraction of sp³-hybridized carbons (Fsp3) is 0.571. The van der Waals surface area contributed by atoms with Crippen LogP contribution in [0, 0.1) is 4.91 Å². The fourth-order valence-electron chi connectivity index (χ4n) is 3.06. The van der Waals surface area contributed by atoms with E-state index in [-0.39, 0.29) is 24.2 Å². The van der Waals surface area contributed by atoms with Crippen molar-refractivity contribution in [3.05, 3.63) is 40.8 Å². The first-order valence-electron chi connectivity index (χ1n) is 10.5. The quantitative estimate of drug-likeness (QED) is 0.195. The Morgan fingerprint density at radius 1 is 1.10 bits per heavy atom. The van der Waals surface area contributed by atoms with Gasteiger partial charge in [0.25, 0.3) is 0 Å². The van der Waals surface area contributed by atoms with Gasteiger partial charge in [-0.25, -0.2) is 4.79 Å². The number of carbonyl (C=O) groups excluding carboxylic acids is 3. The molecule has 2 N–H and O–H groups in total. The third-order valence-electron chi connectivity index (χ3n) is 4.55. The summed E-state index contributed by atoms with van der Waals surface area (Å²) in [5, 5.41) is 9.10.